The standard InChI is InChI=1S/C12H13FN4O2/c13-9-10(16-12(15)17-11(9)14)7-2-1-3-8(6-7)19-5-4-18/h1-3,6,18H,4-5H2,(H4,14,15,16,17). The van der Waals surface area contributed by atoms with Crippen LogP contribution in [0, 0.1) is 5.82 Å². The van der Waals surface area contributed by atoms with Crippen LogP contribution in [-0.2, 0) is 0 Å². The number of aliphatic hydroxyl groups is 1. The zero-order chi connectivity index (χ0) is 13.8. The van der Waals surface area contributed by atoms with Crippen molar-refractivity contribution < 1.29 is 14.2 Å². The van der Waals surface area contributed by atoms with Crippen molar-refractivity contribution in [3.05, 3.63) is 30.1 Å². The molecule has 0 fully saturated rings. The number of nitrogen functional groups attached to an aromatic ring is 2. The van der Waals surface area contributed by atoms with Crippen molar-refractivity contribution in [1.29, 1.82) is 0 Å². The normalized spacial score (nSPS) is 10.4. The van der Waals surface area contributed by atoms with Crippen LogP contribution in [0.4, 0.5) is 16.2 Å². The predicted molar refractivity (Wildman–Crippen MR) is 68.8 cm³/mol. The molecule has 0 aliphatic rings. The average Bonchev–Trinajstić information content (AvgIpc) is 2.41. The maximum absolute atomic E-state index is 13.9. The molecular formula is C12H13FN4O2. The summed E-state index contributed by atoms with van der Waals surface area (Å²) >= 11 is 0. The number of aromatic nitrogens is 2. The van der Waals surface area contributed by atoms with Crippen LogP contribution < -0.4 is 16.2 Å². The maximum Gasteiger partial charge on any atom is 0.222 e. The minimum absolute atomic E-state index is 0.0134. The van der Waals surface area contributed by atoms with Crippen LogP contribution in [-0.4, -0.2) is 28.3 Å². The fraction of sp³-hybridized carbons (Fsp3) is 0.167. The molecule has 0 amide bonds. The molecular weight excluding hydrogens is 251 g/mol. The van der Waals surface area contributed by atoms with Crippen LogP contribution in [0.15, 0.2) is 24.3 Å². The zero-order valence-electron chi connectivity index (χ0n) is 10.0. The summed E-state index contributed by atoms with van der Waals surface area (Å²) < 4.78 is 19.1. The first-order valence-electron chi connectivity index (χ1n) is 5.54. The third-order valence-corrected chi connectivity index (χ3v) is 2.36. The number of benzene rings is 1. The Morgan fingerprint density at radius 1 is 1.26 bits per heavy atom. The molecule has 1 aromatic heterocycles. The third-order valence-electron chi connectivity index (χ3n) is 2.36. The molecule has 0 aliphatic heterocycles. The molecule has 6 nitrogen and oxygen atoms in total. The maximum atomic E-state index is 13.9. The van der Waals surface area contributed by atoms with Gasteiger partial charge in [0.2, 0.25) is 5.95 Å². The molecule has 0 unspecified atom stereocenters. The van der Waals surface area contributed by atoms with Crippen LogP contribution in [0.1, 0.15) is 0 Å². The van der Waals surface area contributed by atoms with Gasteiger partial charge in [0, 0.05) is 5.56 Å². The number of rotatable bonds is 4. The molecule has 0 bridgehead atoms. The molecule has 100 valence electrons. The molecule has 0 saturated heterocycles. The molecule has 0 atom stereocenters. The predicted octanol–water partition coefficient (Wildman–Crippen LogP) is 0.818. The van der Waals surface area contributed by atoms with Crippen LogP contribution >= 0.6 is 0 Å². The Labute approximate surface area is 108 Å². The van der Waals surface area contributed by atoms with E-state index in [1.165, 1.54) is 0 Å². The van der Waals surface area contributed by atoms with Crippen molar-refractivity contribution in [1.82, 2.24) is 9.97 Å². The summed E-state index contributed by atoms with van der Waals surface area (Å²) in [5, 5.41) is 8.69. The summed E-state index contributed by atoms with van der Waals surface area (Å²) in [5.41, 5.74) is 11.3. The van der Waals surface area contributed by atoms with E-state index < -0.39 is 5.82 Å². The van der Waals surface area contributed by atoms with Gasteiger partial charge in [0.15, 0.2) is 11.6 Å². The van der Waals surface area contributed by atoms with Gasteiger partial charge in [-0.3, -0.25) is 0 Å². The van der Waals surface area contributed by atoms with Crippen molar-refractivity contribution in [2.24, 2.45) is 0 Å². The lowest BCUT2D eigenvalue weighted by Gasteiger charge is -2.08. The molecule has 5 N–H and O–H groups in total. The molecule has 2 aromatic rings. The fourth-order valence-electron chi connectivity index (χ4n) is 1.57. The van der Waals surface area contributed by atoms with Crippen LogP contribution in [0.3, 0.4) is 0 Å². The van der Waals surface area contributed by atoms with E-state index in [0.29, 0.717) is 11.3 Å². The highest BCUT2D eigenvalue weighted by Gasteiger charge is 2.13. The van der Waals surface area contributed by atoms with Crippen molar-refractivity contribution in [2.45, 2.75) is 0 Å². The second-order valence-electron chi connectivity index (χ2n) is 3.73. The van der Waals surface area contributed by atoms with E-state index in [1.54, 1.807) is 24.3 Å². The third kappa shape index (κ3) is 2.89. The Hall–Kier alpha value is -2.41. The monoisotopic (exact) mass is 264 g/mol. The molecule has 0 radical (unpaired) electrons. The number of hydrogen-bond donors (Lipinski definition) is 3. The Morgan fingerprint density at radius 2 is 2.05 bits per heavy atom. The molecule has 7 heteroatoms. The smallest absolute Gasteiger partial charge is 0.222 e. The van der Waals surface area contributed by atoms with E-state index in [0.717, 1.165) is 0 Å². The van der Waals surface area contributed by atoms with Gasteiger partial charge >= 0.3 is 0 Å². The Bertz CT molecular complexity index is 592. The van der Waals surface area contributed by atoms with Crippen molar-refractivity contribution >= 4 is 11.8 Å². The van der Waals surface area contributed by atoms with Gasteiger partial charge in [-0.25, -0.2) is 9.37 Å². The van der Waals surface area contributed by atoms with Crippen molar-refractivity contribution in [3.63, 3.8) is 0 Å². The minimum atomic E-state index is -0.728. The van der Waals surface area contributed by atoms with Gasteiger partial charge in [0.25, 0.3) is 0 Å². The minimum Gasteiger partial charge on any atom is -0.491 e. The lowest BCUT2D eigenvalue weighted by Crippen LogP contribution is -2.05. The molecule has 2 rings (SSSR count). The molecule has 1 heterocycles. The number of hydrogen-bond acceptors (Lipinski definition) is 6. The highest BCUT2D eigenvalue weighted by molar-refractivity contribution is 5.65. The average molecular weight is 264 g/mol. The van der Waals surface area contributed by atoms with E-state index in [1.807, 2.05) is 0 Å². The van der Waals surface area contributed by atoms with Crippen molar-refractivity contribution in [3.8, 4) is 17.0 Å². The van der Waals surface area contributed by atoms with Crippen LogP contribution in [0.5, 0.6) is 5.75 Å². The molecule has 0 spiro atoms. The van der Waals surface area contributed by atoms with Crippen LogP contribution in [0.2, 0.25) is 0 Å². The van der Waals surface area contributed by atoms with E-state index >= 15 is 0 Å². The quantitative estimate of drug-likeness (QED) is 0.754. The molecule has 19 heavy (non-hydrogen) atoms. The van der Waals surface area contributed by atoms with E-state index in [9.17, 15) is 4.39 Å². The van der Waals surface area contributed by atoms with Crippen molar-refractivity contribution in [2.75, 3.05) is 24.7 Å². The lowest BCUT2D eigenvalue weighted by atomic mass is 10.1. The Morgan fingerprint density at radius 3 is 2.79 bits per heavy atom. The second kappa shape index (κ2) is 5.49. The molecule has 0 saturated carbocycles. The summed E-state index contributed by atoms with van der Waals surface area (Å²) in [5.74, 6) is -0.644. The van der Waals surface area contributed by atoms with Gasteiger partial charge in [-0.15, -0.1) is 0 Å². The highest BCUT2D eigenvalue weighted by atomic mass is 19.1. The second-order valence-corrected chi connectivity index (χ2v) is 3.73. The zero-order valence-corrected chi connectivity index (χ0v) is 10.0. The van der Waals surface area contributed by atoms with E-state index in [-0.39, 0.29) is 30.7 Å². The first kappa shape index (κ1) is 13.0. The SMILES string of the molecule is Nc1nc(N)c(F)c(-c2cccc(OCCO)c2)n1. The Balaban J connectivity index is 2.41. The van der Waals surface area contributed by atoms with Crippen LogP contribution in [0.25, 0.3) is 11.3 Å². The first-order chi connectivity index (χ1) is 9.11. The fourth-order valence-corrected chi connectivity index (χ4v) is 1.57. The summed E-state index contributed by atoms with van der Waals surface area (Å²) in [4.78, 5) is 7.37. The number of aliphatic hydroxyl groups excluding tert-OH is 1. The van der Waals surface area contributed by atoms with Gasteiger partial charge in [0.05, 0.1) is 6.61 Å². The highest BCUT2D eigenvalue weighted by Crippen LogP contribution is 2.27. The van der Waals surface area contributed by atoms with E-state index in [2.05, 4.69) is 9.97 Å². The topological polar surface area (TPSA) is 107 Å². The van der Waals surface area contributed by atoms with Gasteiger partial charge < -0.3 is 21.3 Å². The van der Waals surface area contributed by atoms with E-state index in [4.69, 9.17) is 21.3 Å². The largest absolute Gasteiger partial charge is 0.491 e. The molecule has 0 aliphatic carbocycles. The number of halogens is 1. The molecule has 1 aromatic carbocycles. The van der Waals surface area contributed by atoms with Gasteiger partial charge in [-0.05, 0) is 12.1 Å². The number of nitrogens with two attached hydrogens (primary N) is 2. The first-order valence-corrected chi connectivity index (χ1v) is 5.54. The summed E-state index contributed by atoms with van der Waals surface area (Å²) in [6.07, 6.45) is 0. The summed E-state index contributed by atoms with van der Waals surface area (Å²) in [6.45, 7) is 0.0476. The lowest BCUT2D eigenvalue weighted by molar-refractivity contribution is 0.201. The summed E-state index contributed by atoms with van der Waals surface area (Å²) in [6, 6.07) is 6.59. The Kier molecular flexibility index (Phi) is 3.76. The summed E-state index contributed by atoms with van der Waals surface area (Å²) in [7, 11) is 0. The number of nitrogens with zero attached hydrogens (tertiary/aromatic N) is 2. The van der Waals surface area contributed by atoms with Gasteiger partial charge in [-0.1, -0.05) is 12.1 Å². The van der Waals surface area contributed by atoms with Gasteiger partial charge in [0.1, 0.15) is 18.1 Å². The number of anilines is 2. The van der Waals surface area contributed by atoms with Gasteiger partial charge in [-0.2, -0.15) is 4.98 Å². The number of ether oxygens (including phenoxy) is 1.